The van der Waals surface area contributed by atoms with Gasteiger partial charge in [-0.25, -0.2) is 13.1 Å². The maximum absolute atomic E-state index is 12.2. The topological polar surface area (TPSA) is 75.7 Å². The first kappa shape index (κ1) is 19.0. The van der Waals surface area contributed by atoms with Crippen LogP contribution in [0.3, 0.4) is 0 Å². The number of thiophene rings is 1. The zero-order chi connectivity index (χ0) is 18.7. The number of hydrogen-bond acceptors (Lipinski definition) is 5. The van der Waals surface area contributed by atoms with Gasteiger partial charge in [-0.15, -0.1) is 11.3 Å². The molecule has 2 aromatic rings. The van der Waals surface area contributed by atoms with Gasteiger partial charge in [0.25, 0.3) is 5.91 Å². The lowest BCUT2D eigenvalue weighted by atomic mass is 10.0. The third kappa shape index (κ3) is 4.32. The van der Waals surface area contributed by atoms with Crippen LogP contribution in [0.4, 0.5) is 5.69 Å². The maximum atomic E-state index is 12.2. The second-order valence-corrected chi connectivity index (χ2v) is 9.41. The Morgan fingerprint density at radius 1 is 1.27 bits per heavy atom. The maximum Gasteiger partial charge on any atom is 0.253 e. The van der Waals surface area contributed by atoms with E-state index in [1.807, 2.05) is 24.3 Å². The summed E-state index contributed by atoms with van der Waals surface area (Å²) in [5.74, 6) is 0.295. The summed E-state index contributed by atoms with van der Waals surface area (Å²) in [5.41, 5.74) is 2.00. The first-order valence-corrected chi connectivity index (χ1v) is 10.8. The van der Waals surface area contributed by atoms with E-state index in [2.05, 4.69) is 18.6 Å². The van der Waals surface area contributed by atoms with Gasteiger partial charge in [-0.05, 0) is 35.1 Å². The van der Waals surface area contributed by atoms with E-state index < -0.39 is 16.1 Å². The van der Waals surface area contributed by atoms with Crippen molar-refractivity contribution < 1.29 is 17.9 Å². The van der Waals surface area contributed by atoms with Crippen molar-refractivity contribution in [2.75, 3.05) is 24.6 Å². The van der Waals surface area contributed by atoms with Crippen molar-refractivity contribution in [3.05, 3.63) is 47.3 Å². The Hall–Kier alpha value is -1.74. The molecule has 140 valence electrons. The summed E-state index contributed by atoms with van der Waals surface area (Å²) in [6, 6.07) is 11.1. The normalized spacial score (nSPS) is 18.5. The lowest BCUT2D eigenvalue weighted by molar-refractivity contribution is -0.129. The number of amides is 1. The molecule has 6 nitrogen and oxygen atoms in total. The van der Waals surface area contributed by atoms with E-state index in [0.717, 1.165) is 17.0 Å². The van der Waals surface area contributed by atoms with Crippen LogP contribution < -0.4 is 9.62 Å². The molecule has 0 radical (unpaired) electrons. The molecule has 1 aromatic carbocycles. The zero-order valence-electron chi connectivity index (χ0n) is 14.7. The molecule has 3 rings (SSSR count). The van der Waals surface area contributed by atoms with Gasteiger partial charge >= 0.3 is 0 Å². The molecule has 1 aliphatic rings. The van der Waals surface area contributed by atoms with Gasteiger partial charge in [0.15, 0.2) is 0 Å². The third-order valence-electron chi connectivity index (χ3n) is 4.26. The number of carbonyl (C=O) groups excluding carboxylic acids is 1. The summed E-state index contributed by atoms with van der Waals surface area (Å²) in [5, 5.41) is 1.72. The summed E-state index contributed by atoms with van der Waals surface area (Å²) in [7, 11) is -3.54. The van der Waals surface area contributed by atoms with Crippen LogP contribution in [0.25, 0.3) is 0 Å². The number of morpholine rings is 1. The molecule has 0 saturated carbocycles. The third-order valence-corrected chi connectivity index (χ3v) is 7.08. The van der Waals surface area contributed by atoms with Crippen molar-refractivity contribution in [3.63, 3.8) is 0 Å². The second-order valence-electron chi connectivity index (χ2n) is 6.47. The molecule has 8 heteroatoms. The Morgan fingerprint density at radius 2 is 2.00 bits per heavy atom. The summed E-state index contributed by atoms with van der Waals surface area (Å²) in [6.45, 7) is 4.60. The summed E-state index contributed by atoms with van der Waals surface area (Å²) in [4.78, 5) is 13.9. The predicted molar refractivity (Wildman–Crippen MR) is 102 cm³/mol. The zero-order valence-corrected chi connectivity index (χ0v) is 16.3. The van der Waals surface area contributed by atoms with E-state index >= 15 is 0 Å². The molecule has 1 aromatic heterocycles. The van der Waals surface area contributed by atoms with Crippen LogP contribution in [0.15, 0.2) is 46.0 Å². The van der Waals surface area contributed by atoms with Crippen molar-refractivity contribution in [2.24, 2.45) is 0 Å². The molecule has 26 heavy (non-hydrogen) atoms. The molecule has 1 aliphatic heterocycles. The summed E-state index contributed by atoms with van der Waals surface area (Å²) in [6.07, 6.45) is -0.396. The van der Waals surface area contributed by atoms with Gasteiger partial charge in [0.2, 0.25) is 10.0 Å². The monoisotopic (exact) mass is 394 g/mol. The predicted octanol–water partition coefficient (Wildman–Crippen LogP) is 2.58. The van der Waals surface area contributed by atoms with Crippen LogP contribution in [-0.2, 0) is 19.6 Å². The number of nitrogens with one attached hydrogen (secondary N) is 1. The number of carbonyl (C=O) groups is 1. The number of hydrogen-bond donors (Lipinski definition) is 1. The minimum absolute atomic E-state index is 0.0582. The van der Waals surface area contributed by atoms with Gasteiger partial charge in [0, 0.05) is 12.2 Å². The molecule has 1 amide bonds. The lowest BCUT2D eigenvalue weighted by Gasteiger charge is -2.33. The van der Waals surface area contributed by atoms with Crippen molar-refractivity contribution in [2.45, 2.75) is 30.1 Å². The number of rotatable bonds is 6. The van der Waals surface area contributed by atoms with E-state index in [9.17, 15) is 13.2 Å². The van der Waals surface area contributed by atoms with Crippen molar-refractivity contribution in [3.8, 4) is 0 Å². The Bertz CT molecular complexity index is 846. The minimum atomic E-state index is -3.54. The van der Waals surface area contributed by atoms with Gasteiger partial charge in [-0.2, -0.15) is 0 Å². The van der Waals surface area contributed by atoms with E-state index in [0.29, 0.717) is 12.5 Å². The highest BCUT2D eigenvalue weighted by Gasteiger charge is 2.28. The van der Waals surface area contributed by atoms with Crippen LogP contribution in [-0.4, -0.2) is 40.1 Å². The number of nitrogens with zero attached hydrogens (tertiary/aromatic N) is 1. The lowest BCUT2D eigenvalue weighted by Crippen LogP contribution is -2.50. The van der Waals surface area contributed by atoms with Gasteiger partial charge in [-0.1, -0.05) is 32.0 Å². The van der Waals surface area contributed by atoms with Crippen LogP contribution in [0.2, 0.25) is 0 Å². The van der Waals surface area contributed by atoms with Gasteiger partial charge in [0.1, 0.15) is 10.8 Å². The van der Waals surface area contributed by atoms with Crippen LogP contribution >= 0.6 is 11.3 Å². The molecule has 0 bridgehead atoms. The van der Waals surface area contributed by atoms with Crippen LogP contribution in [0.1, 0.15) is 25.3 Å². The highest BCUT2D eigenvalue weighted by Crippen LogP contribution is 2.23. The van der Waals surface area contributed by atoms with Crippen molar-refractivity contribution in [1.82, 2.24) is 4.72 Å². The van der Waals surface area contributed by atoms with E-state index in [1.54, 1.807) is 22.4 Å². The number of ether oxygens (including phenoxy) is 1. The molecule has 1 atom stereocenters. The molecular weight excluding hydrogens is 372 g/mol. The Kier molecular flexibility index (Phi) is 5.76. The average Bonchev–Trinajstić information content (AvgIpc) is 3.17. The van der Waals surface area contributed by atoms with E-state index in [1.165, 1.54) is 5.56 Å². The van der Waals surface area contributed by atoms with E-state index in [-0.39, 0.29) is 23.3 Å². The highest BCUT2D eigenvalue weighted by atomic mass is 32.2. The smallest absolute Gasteiger partial charge is 0.253 e. The average molecular weight is 395 g/mol. The fraction of sp³-hybridized carbons (Fsp3) is 0.389. The summed E-state index contributed by atoms with van der Waals surface area (Å²) < 4.78 is 32.8. The van der Waals surface area contributed by atoms with Gasteiger partial charge in [0.05, 0.1) is 12.6 Å². The summed E-state index contributed by atoms with van der Waals surface area (Å²) >= 11 is 1.16. The quantitative estimate of drug-likeness (QED) is 0.817. The molecule has 0 spiro atoms. The van der Waals surface area contributed by atoms with Gasteiger partial charge in [-0.3, -0.25) is 4.79 Å². The number of sulfonamides is 1. The number of benzene rings is 1. The Morgan fingerprint density at radius 3 is 2.62 bits per heavy atom. The van der Waals surface area contributed by atoms with Crippen LogP contribution in [0.5, 0.6) is 0 Å². The first-order chi connectivity index (χ1) is 12.4. The van der Waals surface area contributed by atoms with Crippen molar-refractivity contribution in [1.29, 1.82) is 0 Å². The molecule has 1 saturated heterocycles. The minimum Gasteiger partial charge on any atom is -0.365 e. The molecule has 1 unspecified atom stereocenters. The Balaban J connectivity index is 1.65. The molecule has 0 aliphatic carbocycles. The largest absolute Gasteiger partial charge is 0.365 e. The SMILES string of the molecule is CC(C)c1ccc(N2CC(CNS(=O)(=O)c3cccs3)OCC2=O)cc1. The standard InChI is InChI=1S/C18H22N2O4S2/c1-13(2)14-5-7-15(8-6-14)20-11-16(24-12-17(20)21)10-19-26(22,23)18-4-3-9-25-18/h3-9,13,16,19H,10-12H2,1-2H3. The first-order valence-electron chi connectivity index (χ1n) is 8.42. The molecule has 1 N–H and O–H groups in total. The molecule has 1 fully saturated rings. The van der Waals surface area contributed by atoms with Gasteiger partial charge < -0.3 is 9.64 Å². The molecular formula is C18H22N2O4S2. The number of anilines is 1. The Labute approximate surface area is 157 Å². The highest BCUT2D eigenvalue weighted by molar-refractivity contribution is 7.91. The second kappa shape index (κ2) is 7.87. The van der Waals surface area contributed by atoms with Crippen LogP contribution in [0, 0.1) is 0 Å². The van der Waals surface area contributed by atoms with Crippen molar-refractivity contribution >= 4 is 33.0 Å². The molecule has 2 heterocycles. The fourth-order valence-corrected chi connectivity index (χ4v) is 4.83. The van der Waals surface area contributed by atoms with E-state index in [4.69, 9.17) is 4.74 Å². The fourth-order valence-electron chi connectivity index (χ4n) is 2.73.